The summed E-state index contributed by atoms with van der Waals surface area (Å²) in [6.45, 7) is 10.1. The zero-order chi connectivity index (χ0) is 19.6. The van der Waals surface area contributed by atoms with Gasteiger partial charge in [-0.25, -0.2) is 9.97 Å². The van der Waals surface area contributed by atoms with E-state index in [1.165, 1.54) is 5.56 Å². The van der Waals surface area contributed by atoms with E-state index in [1.54, 1.807) is 0 Å². The van der Waals surface area contributed by atoms with E-state index in [-0.39, 0.29) is 12.0 Å². The Balaban J connectivity index is 1.68. The summed E-state index contributed by atoms with van der Waals surface area (Å²) in [6, 6.07) is 0.277. The van der Waals surface area contributed by atoms with Crippen LogP contribution in [0.5, 0.6) is 0 Å². The Morgan fingerprint density at radius 2 is 2.15 bits per heavy atom. The highest BCUT2D eigenvalue weighted by Crippen LogP contribution is 2.34. The minimum atomic E-state index is -0.430. The molecule has 1 unspecified atom stereocenters. The third kappa shape index (κ3) is 5.32. The molecule has 0 amide bonds. The molecule has 1 aliphatic carbocycles. The van der Waals surface area contributed by atoms with Crippen LogP contribution in [-0.4, -0.2) is 47.3 Å². The quantitative estimate of drug-likeness (QED) is 0.573. The molecule has 6 nitrogen and oxygen atoms in total. The maximum atomic E-state index is 12.0. The summed E-state index contributed by atoms with van der Waals surface area (Å²) in [4.78, 5) is 23.4. The summed E-state index contributed by atoms with van der Waals surface area (Å²) >= 11 is 6.24. The zero-order valence-electron chi connectivity index (χ0n) is 16.8. The number of ether oxygens (including phenoxy) is 2. The monoisotopic (exact) mass is 395 g/mol. The van der Waals surface area contributed by atoms with Crippen LogP contribution in [0.15, 0.2) is 0 Å². The van der Waals surface area contributed by atoms with E-state index >= 15 is 0 Å². The van der Waals surface area contributed by atoms with Gasteiger partial charge in [0.25, 0.3) is 0 Å². The van der Waals surface area contributed by atoms with Gasteiger partial charge in [0.1, 0.15) is 11.4 Å². The van der Waals surface area contributed by atoms with Crippen LogP contribution in [0.25, 0.3) is 0 Å². The predicted molar refractivity (Wildman–Crippen MR) is 105 cm³/mol. The molecule has 27 heavy (non-hydrogen) atoms. The van der Waals surface area contributed by atoms with Gasteiger partial charge in [-0.1, -0.05) is 0 Å². The van der Waals surface area contributed by atoms with Gasteiger partial charge in [0.15, 0.2) is 0 Å². The van der Waals surface area contributed by atoms with Gasteiger partial charge in [0.05, 0.1) is 24.9 Å². The lowest BCUT2D eigenvalue weighted by Crippen LogP contribution is -2.45. The second-order valence-electron chi connectivity index (χ2n) is 8.59. The number of hydrogen-bond donors (Lipinski definition) is 0. The molecule has 2 atom stereocenters. The summed E-state index contributed by atoms with van der Waals surface area (Å²) in [5.74, 6) is 1.26. The van der Waals surface area contributed by atoms with E-state index in [2.05, 4.69) is 21.8 Å². The van der Waals surface area contributed by atoms with Crippen LogP contribution >= 0.6 is 11.6 Å². The highest BCUT2D eigenvalue weighted by molar-refractivity contribution is 6.28. The molecule has 0 radical (unpaired) electrons. The van der Waals surface area contributed by atoms with Crippen LogP contribution < -0.4 is 4.90 Å². The summed E-state index contributed by atoms with van der Waals surface area (Å²) in [6.07, 6.45) is 4.06. The van der Waals surface area contributed by atoms with Gasteiger partial charge in [-0.05, 0) is 70.9 Å². The Morgan fingerprint density at radius 1 is 1.37 bits per heavy atom. The van der Waals surface area contributed by atoms with Crippen molar-refractivity contribution in [1.82, 2.24) is 9.97 Å². The molecule has 0 saturated carbocycles. The number of fused-ring (bicyclic) bond motifs is 1. The number of nitrogens with zero attached hydrogens (tertiary/aromatic N) is 3. The molecule has 2 aliphatic rings. The second-order valence-corrected chi connectivity index (χ2v) is 8.93. The topological polar surface area (TPSA) is 64.5 Å². The Hall–Kier alpha value is -1.40. The van der Waals surface area contributed by atoms with Gasteiger partial charge < -0.3 is 14.4 Å². The maximum absolute atomic E-state index is 12.0. The van der Waals surface area contributed by atoms with Crippen molar-refractivity contribution in [1.29, 1.82) is 0 Å². The fraction of sp³-hybridized carbons (Fsp3) is 0.750. The molecule has 1 saturated heterocycles. The van der Waals surface area contributed by atoms with Crippen molar-refractivity contribution in [3.8, 4) is 0 Å². The first-order valence-corrected chi connectivity index (χ1v) is 10.2. The molecule has 1 aliphatic heterocycles. The summed E-state index contributed by atoms with van der Waals surface area (Å²) in [5, 5.41) is 0.301. The number of hydrogen-bond acceptors (Lipinski definition) is 6. The Bertz CT molecular complexity index is 690. The molecule has 0 N–H and O–H groups in total. The minimum absolute atomic E-state index is 0.128. The van der Waals surface area contributed by atoms with E-state index in [4.69, 9.17) is 21.1 Å². The third-order valence-electron chi connectivity index (χ3n) is 5.14. The normalized spacial score (nSPS) is 23.1. The highest BCUT2D eigenvalue weighted by Gasteiger charge is 2.29. The molecule has 0 bridgehead atoms. The zero-order valence-corrected chi connectivity index (χ0v) is 17.5. The Labute approximate surface area is 166 Å². The minimum Gasteiger partial charge on any atom is -0.460 e. The van der Waals surface area contributed by atoms with Crippen molar-refractivity contribution in [2.75, 3.05) is 24.7 Å². The van der Waals surface area contributed by atoms with Gasteiger partial charge >= 0.3 is 5.97 Å². The second kappa shape index (κ2) is 8.31. The van der Waals surface area contributed by atoms with Gasteiger partial charge in [-0.15, -0.1) is 0 Å². The molecule has 1 aromatic rings. The van der Waals surface area contributed by atoms with E-state index in [1.807, 2.05) is 20.8 Å². The molecule has 2 heterocycles. The Morgan fingerprint density at radius 3 is 2.85 bits per heavy atom. The number of carbonyl (C=O) groups excluding carboxylic acids is 1. The lowest BCUT2D eigenvalue weighted by molar-refractivity contribution is -0.155. The summed E-state index contributed by atoms with van der Waals surface area (Å²) in [5.41, 5.74) is 1.81. The van der Waals surface area contributed by atoms with Crippen LogP contribution in [0.1, 0.15) is 58.2 Å². The van der Waals surface area contributed by atoms with Crippen LogP contribution in [0.4, 0.5) is 5.82 Å². The number of morpholine rings is 1. The number of rotatable bonds is 4. The van der Waals surface area contributed by atoms with Gasteiger partial charge in [-0.2, -0.15) is 0 Å². The first-order chi connectivity index (χ1) is 12.7. The smallest absolute Gasteiger partial charge is 0.306 e. The molecule has 0 aromatic carbocycles. The number of esters is 1. The summed E-state index contributed by atoms with van der Waals surface area (Å²) in [7, 11) is 0. The largest absolute Gasteiger partial charge is 0.460 e. The number of carbonyl (C=O) groups is 1. The van der Waals surface area contributed by atoms with Crippen LogP contribution in [-0.2, 0) is 27.1 Å². The maximum Gasteiger partial charge on any atom is 0.306 e. The van der Waals surface area contributed by atoms with Gasteiger partial charge in [0, 0.05) is 18.5 Å². The number of anilines is 1. The lowest BCUT2D eigenvalue weighted by atomic mass is 9.84. The van der Waals surface area contributed by atoms with E-state index < -0.39 is 5.60 Å². The predicted octanol–water partition coefficient (Wildman–Crippen LogP) is 3.58. The molecule has 1 fully saturated rings. The van der Waals surface area contributed by atoms with Crippen molar-refractivity contribution in [3.63, 3.8) is 0 Å². The first-order valence-electron chi connectivity index (χ1n) is 9.84. The van der Waals surface area contributed by atoms with Crippen molar-refractivity contribution in [3.05, 3.63) is 16.5 Å². The standard InChI is InChI=1S/C20H30ClN3O3/c1-13-12-26-10-9-24(13)18-15-7-5-14(11-16(15)22-19(21)23-18)6-8-17(25)27-20(2,3)4/h13-14H,5-12H2,1-4H3/t13-,14?/m1/s1. The molecule has 150 valence electrons. The van der Waals surface area contributed by atoms with Gasteiger partial charge in [0.2, 0.25) is 5.28 Å². The van der Waals surface area contributed by atoms with Crippen molar-refractivity contribution >= 4 is 23.4 Å². The van der Waals surface area contributed by atoms with Crippen molar-refractivity contribution in [2.45, 2.75) is 71.4 Å². The number of aromatic nitrogens is 2. The van der Waals surface area contributed by atoms with Crippen molar-refractivity contribution in [2.24, 2.45) is 5.92 Å². The van der Waals surface area contributed by atoms with E-state index in [0.717, 1.165) is 43.7 Å². The average molecular weight is 396 g/mol. The van der Waals surface area contributed by atoms with E-state index in [0.29, 0.717) is 30.8 Å². The molecule has 3 rings (SSSR count). The SMILES string of the molecule is C[C@@H]1COCCN1c1nc(Cl)nc2c1CCC(CCC(=O)OC(C)(C)C)C2. The van der Waals surface area contributed by atoms with Crippen LogP contribution in [0, 0.1) is 5.92 Å². The fourth-order valence-electron chi connectivity index (χ4n) is 3.88. The van der Waals surface area contributed by atoms with Crippen LogP contribution in [0.2, 0.25) is 5.28 Å². The first kappa shape index (κ1) is 20.3. The molecule has 1 aromatic heterocycles. The summed E-state index contributed by atoms with van der Waals surface area (Å²) < 4.78 is 11.0. The third-order valence-corrected chi connectivity index (χ3v) is 5.31. The molecular formula is C20H30ClN3O3. The molecule has 0 spiro atoms. The van der Waals surface area contributed by atoms with Crippen LogP contribution in [0.3, 0.4) is 0 Å². The highest BCUT2D eigenvalue weighted by atomic mass is 35.5. The fourth-order valence-corrected chi connectivity index (χ4v) is 4.06. The Kier molecular flexibility index (Phi) is 6.26. The number of halogens is 1. The lowest BCUT2D eigenvalue weighted by Gasteiger charge is -2.37. The van der Waals surface area contributed by atoms with Gasteiger partial charge in [-0.3, -0.25) is 4.79 Å². The molecular weight excluding hydrogens is 366 g/mol. The average Bonchev–Trinajstić information content (AvgIpc) is 2.58. The van der Waals surface area contributed by atoms with Crippen molar-refractivity contribution < 1.29 is 14.3 Å². The molecule has 7 heteroatoms. The van der Waals surface area contributed by atoms with E-state index in [9.17, 15) is 4.79 Å².